The van der Waals surface area contributed by atoms with Gasteiger partial charge >= 0.3 is 5.69 Å². The van der Waals surface area contributed by atoms with Gasteiger partial charge in [0, 0.05) is 16.9 Å². The monoisotopic (exact) mass is 373 g/mol. The lowest BCUT2D eigenvalue weighted by Crippen LogP contribution is -2.24. The topological polar surface area (TPSA) is 109 Å². The zero-order valence-electron chi connectivity index (χ0n) is 14.9. The van der Waals surface area contributed by atoms with Crippen LogP contribution in [-0.4, -0.2) is 32.7 Å². The van der Waals surface area contributed by atoms with Crippen molar-refractivity contribution in [2.75, 3.05) is 5.32 Å². The zero-order chi connectivity index (χ0) is 19.4. The number of Topliss-reactive ketones (excluding diaryl/α,β-unsaturated/α-hetero) is 2. The summed E-state index contributed by atoms with van der Waals surface area (Å²) in [5.74, 6) is -0.597. The largest absolute Gasteiger partial charge is 0.346 e. The molecule has 2 N–H and O–H groups in total. The number of carbonyl (C=O) groups is 3. The van der Waals surface area contributed by atoms with Crippen LogP contribution in [0.25, 0.3) is 0 Å². The fourth-order valence-corrected chi connectivity index (χ4v) is 3.36. The summed E-state index contributed by atoms with van der Waals surface area (Å²) >= 11 is 1.04. The van der Waals surface area contributed by atoms with E-state index in [-0.39, 0.29) is 22.5 Å². The molecule has 0 bridgehead atoms. The van der Waals surface area contributed by atoms with Gasteiger partial charge in [0.1, 0.15) is 5.03 Å². The first-order valence-electron chi connectivity index (χ1n) is 7.89. The van der Waals surface area contributed by atoms with Crippen molar-refractivity contribution in [3.63, 3.8) is 0 Å². The number of nitrogens with zero attached hydrogens (tertiary/aromatic N) is 1. The molecule has 1 aromatic carbocycles. The quantitative estimate of drug-likeness (QED) is 0.458. The Kier molecular flexibility index (Phi) is 6.10. The van der Waals surface area contributed by atoms with Crippen LogP contribution in [0.3, 0.4) is 0 Å². The molecule has 1 heterocycles. The standard InChI is InChI=1S/C18H19N3O4S/c1-9-15(11(3)23)17(21-18(25)19-9)26-12(4)16(24)20-14-7-5-13(6-8-14)10(2)22/h5-8,12H,1-4H3,(H,20,24)(H,19,21,25)/t12-/m1/s1. The van der Waals surface area contributed by atoms with Crippen LogP contribution in [0.5, 0.6) is 0 Å². The molecule has 0 aliphatic heterocycles. The van der Waals surface area contributed by atoms with Crippen LogP contribution in [0.4, 0.5) is 5.69 Å². The molecule has 0 saturated carbocycles. The Morgan fingerprint density at radius 2 is 1.73 bits per heavy atom. The predicted molar refractivity (Wildman–Crippen MR) is 100.0 cm³/mol. The fourth-order valence-electron chi connectivity index (χ4n) is 2.31. The fraction of sp³-hybridized carbons (Fsp3) is 0.278. The van der Waals surface area contributed by atoms with Crippen LogP contribution >= 0.6 is 11.8 Å². The molecule has 136 valence electrons. The molecule has 2 aromatic rings. The smallest absolute Gasteiger partial charge is 0.325 e. The van der Waals surface area contributed by atoms with E-state index in [0.717, 1.165) is 11.8 Å². The molecule has 0 fully saturated rings. The molecular formula is C18H19N3O4S. The molecule has 2 rings (SSSR count). The third-order valence-electron chi connectivity index (χ3n) is 3.66. The van der Waals surface area contributed by atoms with Crippen molar-refractivity contribution in [1.29, 1.82) is 0 Å². The van der Waals surface area contributed by atoms with E-state index in [0.29, 0.717) is 22.5 Å². The van der Waals surface area contributed by atoms with Crippen LogP contribution in [0.15, 0.2) is 34.1 Å². The molecule has 0 radical (unpaired) electrons. The van der Waals surface area contributed by atoms with E-state index in [1.807, 2.05) is 0 Å². The first kappa shape index (κ1) is 19.6. The molecule has 26 heavy (non-hydrogen) atoms. The minimum atomic E-state index is -0.589. The van der Waals surface area contributed by atoms with Gasteiger partial charge < -0.3 is 10.3 Å². The lowest BCUT2D eigenvalue weighted by molar-refractivity contribution is -0.115. The van der Waals surface area contributed by atoms with E-state index in [1.165, 1.54) is 13.8 Å². The van der Waals surface area contributed by atoms with Gasteiger partial charge in [-0.25, -0.2) is 4.79 Å². The van der Waals surface area contributed by atoms with E-state index in [9.17, 15) is 19.2 Å². The average molecular weight is 373 g/mol. The molecule has 7 nitrogen and oxygen atoms in total. The van der Waals surface area contributed by atoms with E-state index in [2.05, 4.69) is 15.3 Å². The SMILES string of the molecule is CC(=O)c1ccc(NC(=O)[C@@H](C)Sc2nc(=O)[nH]c(C)c2C(C)=O)cc1. The normalized spacial score (nSPS) is 11.7. The van der Waals surface area contributed by atoms with Gasteiger partial charge in [0.15, 0.2) is 11.6 Å². The first-order valence-corrected chi connectivity index (χ1v) is 8.77. The van der Waals surface area contributed by atoms with Crippen molar-refractivity contribution in [2.24, 2.45) is 0 Å². The molecule has 0 aliphatic rings. The molecule has 1 amide bonds. The number of aromatic amines is 1. The minimum Gasteiger partial charge on any atom is -0.325 e. The maximum atomic E-state index is 12.4. The minimum absolute atomic E-state index is 0.0562. The summed E-state index contributed by atoms with van der Waals surface area (Å²) in [5.41, 5.74) is 1.27. The van der Waals surface area contributed by atoms with Crippen LogP contribution in [0.2, 0.25) is 0 Å². The number of carbonyl (C=O) groups excluding carboxylic acids is 3. The summed E-state index contributed by atoms with van der Waals surface area (Å²) in [6.45, 7) is 6.13. The number of benzene rings is 1. The number of hydrogen-bond acceptors (Lipinski definition) is 6. The zero-order valence-corrected chi connectivity index (χ0v) is 15.7. The third-order valence-corrected chi connectivity index (χ3v) is 4.74. The predicted octanol–water partition coefficient (Wildman–Crippen LogP) is 2.60. The van der Waals surface area contributed by atoms with E-state index < -0.39 is 10.9 Å². The second-order valence-electron chi connectivity index (χ2n) is 5.79. The molecule has 0 aliphatic carbocycles. The molecule has 8 heteroatoms. The van der Waals surface area contributed by atoms with Crippen molar-refractivity contribution >= 4 is 34.9 Å². The Hall–Kier alpha value is -2.74. The van der Waals surface area contributed by atoms with Gasteiger partial charge in [-0.2, -0.15) is 4.98 Å². The van der Waals surface area contributed by atoms with Gasteiger partial charge in [-0.05, 0) is 52.0 Å². The van der Waals surface area contributed by atoms with Crippen LogP contribution in [0, 0.1) is 6.92 Å². The number of aryl methyl sites for hydroxylation is 1. The molecule has 0 saturated heterocycles. The number of ketones is 2. The van der Waals surface area contributed by atoms with Crippen molar-refractivity contribution < 1.29 is 14.4 Å². The summed E-state index contributed by atoms with van der Waals surface area (Å²) in [6, 6.07) is 6.54. The lowest BCUT2D eigenvalue weighted by Gasteiger charge is -2.14. The number of amides is 1. The highest BCUT2D eigenvalue weighted by Gasteiger charge is 2.21. The summed E-state index contributed by atoms with van der Waals surface area (Å²) in [6.07, 6.45) is 0. The second kappa shape index (κ2) is 8.09. The molecule has 0 spiro atoms. The molecule has 1 aromatic heterocycles. The van der Waals surface area contributed by atoms with E-state index in [1.54, 1.807) is 38.1 Å². The molecule has 1 atom stereocenters. The van der Waals surface area contributed by atoms with E-state index in [4.69, 9.17) is 0 Å². The molecular weight excluding hydrogens is 354 g/mol. The van der Waals surface area contributed by atoms with Crippen molar-refractivity contribution in [2.45, 2.75) is 38.0 Å². The first-order chi connectivity index (χ1) is 12.2. The molecule has 0 unspecified atom stereocenters. The Labute approximate surface area is 154 Å². The van der Waals surface area contributed by atoms with E-state index >= 15 is 0 Å². The second-order valence-corrected chi connectivity index (χ2v) is 7.12. The van der Waals surface area contributed by atoms with Gasteiger partial charge in [0.05, 0.1) is 10.8 Å². The van der Waals surface area contributed by atoms with Gasteiger partial charge in [-0.1, -0.05) is 11.8 Å². The Morgan fingerprint density at radius 1 is 1.12 bits per heavy atom. The number of aromatic nitrogens is 2. The van der Waals surface area contributed by atoms with Crippen molar-refractivity contribution in [3.05, 3.63) is 51.6 Å². The van der Waals surface area contributed by atoms with Crippen LogP contribution in [0.1, 0.15) is 47.2 Å². The van der Waals surface area contributed by atoms with Crippen molar-refractivity contribution in [1.82, 2.24) is 9.97 Å². The number of rotatable bonds is 6. The number of H-pyrrole nitrogens is 1. The Bertz CT molecular complexity index is 919. The highest BCUT2D eigenvalue weighted by molar-refractivity contribution is 8.00. The van der Waals surface area contributed by atoms with Gasteiger partial charge in [0.2, 0.25) is 5.91 Å². The Morgan fingerprint density at radius 3 is 2.27 bits per heavy atom. The number of nitrogens with one attached hydrogen (secondary N) is 2. The van der Waals surface area contributed by atoms with Gasteiger partial charge in [-0.3, -0.25) is 14.4 Å². The van der Waals surface area contributed by atoms with Gasteiger partial charge in [0.25, 0.3) is 0 Å². The van der Waals surface area contributed by atoms with Crippen LogP contribution in [-0.2, 0) is 4.79 Å². The maximum absolute atomic E-state index is 12.4. The highest BCUT2D eigenvalue weighted by Crippen LogP contribution is 2.26. The van der Waals surface area contributed by atoms with Crippen LogP contribution < -0.4 is 11.0 Å². The summed E-state index contributed by atoms with van der Waals surface area (Å²) in [5, 5.41) is 2.38. The maximum Gasteiger partial charge on any atom is 0.346 e. The summed E-state index contributed by atoms with van der Waals surface area (Å²) in [7, 11) is 0. The number of anilines is 1. The average Bonchev–Trinajstić information content (AvgIpc) is 2.54. The van der Waals surface area contributed by atoms with Gasteiger partial charge in [-0.15, -0.1) is 0 Å². The highest BCUT2D eigenvalue weighted by atomic mass is 32.2. The summed E-state index contributed by atoms with van der Waals surface area (Å²) < 4.78 is 0. The lowest BCUT2D eigenvalue weighted by atomic mass is 10.1. The number of thioether (sulfide) groups is 1. The summed E-state index contributed by atoms with van der Waals surface area (Å²) in [4.78, 5) is 53.4. The Balaban J connectivity index is 2.16. The van der Waals surface area contributed by atoms with Crippen molar-refractivity contribution in [3.8, 4) is 0 Å². The third kappa shape index (κ3) is 4.66. The number of hydrogen-bond donors (Lipinski definition) is 2.